The fraction of sp³-hybridized carbons (Fsp3) is 0.625. The van der Waals surface area contributed by atoms with Crippen LogP contribution in [0.4, 0.5) is 0 Å². The number of hydrogen-bond donors (Lipinski definition) is 1. The summed E-state index contributed by atoms with van der Waals surface area (Å²) in [7, 11) is 4.34. The van der Waals surface area contributed by atoms with E-state index in [2.05, 4.69) is 75.4 Å². The van der Waals surface area contributed by atoms with Crippen molar-refractivity contribution < 1.29 is 0 Å². The van der Waals surface area contributed by atoms with Gasteiger partial charge in [0.2, 0.25) is 0 Å². The van der Waals surface area contributed by atoms with Crippen molar-refractivity contribution in [2.45, 2.75) is 39.3 Å². The Kier molecular flexibility index (Phi) is 6.37. The van der Waals surface area contributed by atoms with Crippen molar-refractivity contribution in [2.75, 3.05) is 20.6 Å². The number of likely N-dealkylation sites (N-methyl/N-ethyl adjacent to an activating group) is 1. The first-order valence-corrected chi connectivity index (χ1v) is 6.95. The van der Waals surface area contributed by atoms with Gasteiger partial charge >= 0.3 is 0 Å². The molecule has 0 aromatic heterocycles. The number of hydrogen-bond acceptors (Lipinski definition) is 2. The van der Waals surface area contributed by atoms with Gasteiger partial charge in [-0.2, -0.15) is 0 Å². The van der Waals surface area contributed by atoms with Crippen LogP contribution in [0.1, 0.15) is 38.8 Å². The molecule has 1 N–H and O–H groups in total. The van der Waals surface area contributed by atoms with Crippen molar-refractivity contribution in [1.29, 1.82) is 0 Å². The molecular formula is C16H28N2. The summed E-state index contributed by atoms with van der Waals surface area (Å²) >= 11 is 0. The molecule has 0 aliphatic heterocycles. The zero-order valence-corrected chi connectivity index (χ0v) is 12.5. The molecular weight excluding hydrogens is 220 g/mol. The van der Waals surface area contributed by atoms with Crippen molar-refractivity contribution in [3.8, 4) is 0 Å². The van der Waals surface area contributed by atoms with Crippen LogP contribution in [0.25, 0.3) is 0 Å². The second kappa shape index (κ2) is 7.55. The highest BCUT2D eigenvalue weighted by Gasteiger charge is 2.14. The second-order valence-corrected chi connectivity index (χ2v) is 5.79. The van der Waals surface area contributed by atoms with E-state index in [9.17, 15) is 0 Å². The fourth-order valence-electron chi connectivity index (χ4n) is 2.19. The average molecular weight is 248 g/mol. The molecule has 0 amide bonds. The molecule has 18 heavy (non-hydrogen) atoms. The largest absolute Gasteiger partial charge is 0.309 e. The van der Waals surface area contributed by atoms with Gasteiger partial charge in [-0.3, -0.25) is 0 Å². The van der Waals surface area contributed by atoms with Gasteiger partial charge in [-0.15, -0.1) is 0 Å². The first-order valence-electron chi connectivity index (χ1n) is 6.95. The van der Waals surface area contributed by atoms with Crippen LogP contribution in [0.15, 0.2) is 30.3 Å². The van der Waals surface area contributed by atoms with E-state index in [1.165, 1.54) is 12.0 Å². The molecule has 0 saturated carbocycles. The van der Waals surface area contributed by atoms with Crippen LogP contribution in [0.3, 0.4) is 0 Å². The summed E-state index contributed by atoms with van der Waals surface area (Å²) in [5.41, 5.74) is 1.36. The van der Waals surface area contributed by atoms with Crippen molar-refractivity contribution in [3.63, 3.8) is 0 Å². The third-order valence-corrected chi connectivity index (χ3v) is 3.43. The Morgan fingerprint density at radius 2 is 1.67 bits per heavy atom. The maximum absolute atomic E-state index is 3.64. The van der Waals surface area contributed by atoms with Crippen LogP contribution >= 0.6 is 0 Å². The van der Waals surface area contributed by atoms with Crippen molar-refractivity contribution in [2.24, 2.45) is 5.92 Å². The number of benzene rings is 1. The number of nitrogens with zero attached hydrogens (tertiary/aromatic N) is 1. The maximum Gasteiger partial charge on any atom is 0.0292 e. The first-order chi connectivity index (χ1) is 8.50. The predicted molar refractivity (Wildman–Crippen MR) is 79.8 cm³/mol. The minimum atomic E-state index is 0.417. The molecule has 0 aliphatic carbocycles. The molecule has 0 radical (unpaired) electrons. The topological polar surface area (TPSA) is 15.3 Å². The fourth-order valence-corrected chi connectivity index (χ4v) is 2.19. The van der Waals surface area contributed by atoms with E-state index in [-0.39, 0.29) is 0 Å². The van der Waals surface area contributed by atoms with E-state index in [1.54, 1.807) is 0 Å². The summed E-state index contributed by atoms with van der Waals surface area (Å²) in [6.07, 6.45) is 1.24. The monoisotopic (exact) mass is 248 g/mol. The van der Waals surface area contributed by atoms with Gasteiger partial charge in [-0.05, 0) is 38.9 Å². The van der Waals surface area contributed by atoms with Crippen LogP contribution in [0.5, 0.6) is 0 Å². The molecule has 0 saturated heterocycles. The van der Waals surface area contributed by atoms with Crippen LogP contribution in [-0.2, 0) is 0 Å². The Labute approximate surface area is 112 Å². The quantitative estimate of drug-likeness (QED) is 0.796. The van der Waals surface area contributed by atoms with Gasteiger partial charge in [0.25, 0.3) is 0 Å². The number of nitrogens with one attached hydrogen (secondary N) is 1. The Morgan fingerprint density at radius 3 is 2.17 bits per heavy atom. The van der Waals surface area contributed by atoms with Crippen LogP contribution in [0, 0.1) is 5.92 Å². The zero-order chi connectivity index (χ0) is 13.5. The Balaban J connectivity index is 2.47. The lowest BCUT2D eigenvalue weighted by molar-refractivity contribution is 0.242. The standard InChI is InChI=1S/C16H28N2/c1-13(2)11-16(18(4)5)12-17-14(3)15-9-7-6-8-10-15/h6-10,13-14,16-17H,11-12H2,1-5H3. The van der Waals surface area contributed by atoms with E-state index in [0.29, 0.717) is 12.1 Å². The molecule has 0 fully saturated rings. The number of rotatable bonds is 7. The summed E-state index contributed by atoms with van der Waals surface area (Å²) in [4.78, 5) is 2.32. The minimum Gasteiger partial charge on any atom is -0.309 e. The Bertz CT molecular complexity index is 319. The summed E-state index contributed by atoms with van der Waals surface area (Å²) in [5.74, 6) is 0.742. The molecule has 1 rings (SSSR count). The molecule has 2 heteroatoms. The van der Waals surface area contributed by atoms with Crippen molar-refractivity contribution in [1.82, 2.24) is 10.2 Å². The Morgan fingerprint density at radius 1 is 1.06 bits per heavy atom. The van der Waals surface area contributed by atoms with Gasteiger partial charge in [-0.25, -0.2) is 0 Å². The van der Waals surface area contributed by atoms with E-state index >= 15 is 0 Å². The smallest absolute Gasteiger partial charge is 0.0292 e. The average Bonchev–Trinajstić information content (AvgIpc) is 2.34. The van der Waals surface area contributed by atoms with Gasteiger partial charge < -0.3 is 10.2 Å². The summed E-state index contributed by atoms with van der Waals surface area (Å²) < 4.78 is 0. The summed E-state index contributed by atoms with van der Waals surface area (Å²) in [6.45, 7) is 7.85. The SMILES string of the molecule is CC(C)CC(CNC(C)c1ccccc1)N(C)C. The van der Waals surface area contributed by atoms with E-state index in [0.717, 1.165) is 12.5 Å². The van der Waals surface area contributed by atoms with E-state index in [4.69, 9.17) is 0 Å². The van der Waals surface area contributed by atoms with Crippen molar-refractivity contribution >= 4 is 0 Å². The highest BCUT2D eigenvalue weighted by molar-refractivity contribution is 5.18. The summed E-state index contributed by atoms with van der Waals surface area (Å²) in [6, 6.07) is 11.7. The molecule has 1 aromatic carbocycles. The third-order valence-electron chi connectivity index (χ3n) is 3.43. The van der Waals surface area contributed by atoms with E-state index in [1.807, 2.05) is 0 Å². The zero-order valence-electron chi connectivity index (χ0n) is 12.5. The normalized spacial score (nSPS) is 15.1. The highest BCUT2D eigenvalue weighted by atomic mass is 15.1. The van der Waals surface area contributed by atoms with Gasteiger partial charge in [0.15, 0.2) is 0 Å². The molecule has 0 bridgehead atoms. The van der Waals surface area contributed by atoms with Crippen LogP contribution < -0.4 is 5.32 Å². The van der Waals surface area contributed by atoms with Gasteiger partial charge in [0, 0.05) is 18.6 Å². The maximum atomic E-state index is 3.64. The molecule has 2 atom stereocenters. The molecule has 0 spiro atoms. The third kappa shape index (κ3) is 5.19. The van der Waals surface area contributed by atoms with Gasteiger partial charge in [0.1, 0.15) is 0 Å². The first kappa shape index (κ1) is 15.2. The lowest BCUT2D eigenvalue weighted by Gasteiger charge is -2.28. The molecule has 102 valence electrons. The van der Waals surface area contributed by atoms with E-state index < -0.39 is 0 Å². The van der Waals surface area contributed by atoms with Crippen LogP contribution in [-0.4, -0.2) is 31.6 Å². The Hall–Kier alpha value is -0.860. The molecule has 1 aromatic rings. The molecule has 0 heterocycles. The molecule has 0 aliphatic rings. The van der Waals surface area contributed by atoms with Crippen LogP contribution in [0.2, 0.25) is 0 Å². The highest BCUT2D eigenvalue weighted by Crippen LogP contribution is 2.13. The van der Waals surface area contributed by atoms with Gasteiger partial charge in [-0.1, -0.05) is 44.2 Å². The minimum absolute atomic E-state index is 0.417. The van der Waals surface area contributed by atoms with Gasteiger partial charge in [0.05, 0.1) is 0 Å². The second-order valence-electron chi connectivity index (χ2n) is 5.79. The predicted octanol–water partition coefficient (Wildman–Crippen LogP) is 3.31. The molecule has 2 unspecified atom stereocenters. The molecule has 2 nitrogen and oxygen atoms in total. The lowest BCUT2D eigenvalue weighted by atomic mass is 10.0. The summed E-state index contributed by atoms with van der Waals surface area (Å²) in [5, 5.41) is 3.64. The van der Waals surface area contributed by atoms with Crippen molar-refractivity contribution in [3.05, 3.63) is 35.9 Å². The lowest BCUT2D eigenvalue weighted by Crippen LogP contribution is -2.39.